The van der Waals surface area contributed by atoms with E-state index in [1.54, 1.807) is 13.2 Å². The Kier molecular flexibility index (Phi) is 8.25. The summed E-state index contributed by atoms with van der Waals surface area (Å²) in [4.78, 5) is 31.8. The molecule has 0 bridgehead atoms. The van der Waals surface area contributed by atoms with Crippen LogP contribution in [0.25, 0.3) is 0 Å². The molecular formula is C25H32N4O3S. The standard InChI is InChI=1S/C25H32N4O3S/c1-32-23-7-5-20(6-8-23)18-27-9-11-28(12-10-27)19-24(30)26-22-4-2-3-21(17-22)25(31)29-13-15-33-16-14-29/h2-8,17H,9-16,18-19H2,1H3,(H,26,30). The van der Waals surface area contributed by atoms with Crippen molar-refractivity contribution in [3.63, 3.8) is 0 Å². The Balaban J connectivity index is 1.23. The van der Waals surface area contributed by atoms with Gasteiger partial charge in [-0.05, 0) is 35.9 Å². The zero-order valence-electron chi connectivity index (χ0n) is 19.2. The molecular weight excluding hydrogens is 436 g/mol. The average molecular weight is 469 g/mol. The monoisotopic (exact) mass is 468 g/mol. The highest BCUT2D eigenvalue weighted by Gasteiger charge is 2.21. The molecule has 1 N–H and O–H groups in total. The van der Waals surface area contributed by atoms with Crippen molar-refractivity contribution in [2.75, 3.05) is 69.7 Å². The first-order valence-electron chi connectivity index (χ1n) is 11.5. The zero-order chi connectivity index (χ0) is 23.0. The third-order valence-electron chi connectivity index (χ3n) is 6.09. The van der Waals surface area contributed by atoms with E-state index in [2.05, 4.69) is 27.2 Å². The second-order valence-corrected chi connectivity index (χ2v) is 9.66. The molecule has 2 saturated heterocycles. The van der Waals surface area contributed by atoms with Crippen LogP contribution in [0.5, 0.6) is 5.75 Å². The Morgan fingerprint density at radius 2 is 1.64 bits per heavy atom. The first kappa shape index (κ1) is 23.6. The fraction of sp³-hybridized carbons (Fsp3) is 0.440. The topological polar surface area (TPSA) is 65.1 Å². The van der Waals surface area contributed by atoms with Crippen LogP contribution < -0.4 is 10.1 Å². The predicted molar refractivity (Wildman–Crippen MR) is 133 cm³/mol. The molecule has 2 aliphatic rings. The lowest BCUT2D eigenvalue weighted by Crippen LogP contribution is -2.48. The molecule has 0 atom stereocenters. The molecule has 0 aromatic heterocycles. The summed E-state index contributed by atoms with van der Waals surface area (Å²) in [5.74, 6) is 2.83. The molecule has 0 radical (unpaired) electrons. The van der Waals surface area contributed by atoms with Gasteiger partial charge >= 0.3 is 0 Å². The number of carbonyl (C=O) groups excluding carboxylic acids is 2. The number of methoxy groups -OCH3 is 1. The maximum Gasteiger partial charge on any atom is 0.253 e. The third kappa shape index (κ3) is 6.72. The van der Waals surface area contributed by atoms with Gasteiger partial charge in [0.2, 0.25) is 5.91 Å². The van der Waals surface area contributed by atoms with Gasteiger partial charge in [-0.1, -0.05) is 18.2 Å². The molecule has 176 valence electrons. The van der Waals surface area contributed by atoms with Crippen molar-refractivity contribution < 1.29 is 14.3 Å². The highest BCUT2D eigenvalue weighted by Crippen LogP contribution is 2.17. The molecule has 33 heavy (non-hydrogen) atoms. The molecule has 4 rings (SSSR count). The minimum absolute atomic E-state index is 0.0411. The Morgan fingerprint density at radius 1 is 0.939 bits per heavy atom. The van der Waals surface area contributed by atoms with Crippen LogP contribution in [0.15, 0.2) is 48.5 Å². The number of benzene rings is 2. The van der Waals surface area contributed by atoms with Crippen LogP contribution in [-0.2, 0) is 11.3 Å². The number of nitrogens with zero attached hydrogens (tertiary/aromatic N) is 3. The van der Waals surface area contributed by atoms with Crippen LogP contribution in [0.2, 0.25) is 0 Å². The lowest BCUT2D eigenvalue weighted by molar-refractivity contribution is -0.117. The highest BCUT2D eigenvalue weighted by molar-refractivity contribution is 7.99. The molecule has 2 fully saturated rings. The Labute approximate surface area is 200 Å². The molecule has 0 unspecified atom stereocenters. The molecule has 2 aromatic rings. The van der Waals surface area contributed by atoms with E-state index in [1.165, 1.54) is 5.56 Å². The predicted octanol–water partition coefficient (Wildman–Crippen LogP) is 2.64. The van der Waals surface area contributed by atoms with Gasteiger partial charge in [0.25, 0.3) is 5.91 Å². The second kappa shape index (κ2) is 11.5. The SMILES string of the molecule is COc1ccc(CN2CCN(CC(=O)Nc3cccc(C(=O)N4CCSCC4)c3)CC2)cc1. The number of nitrogens with one attached hydrogen (secondary N) is 1. The van der Waals surface area contributed by atoms with Crippen molar-refractivity contribution in [3.8, 4) is 5.75 Å². The summed E-state index contributed by atoms with van der Waals surface area (Å²) >= 11 is 1.88. The average Bonchev–Trinajstić information content (AvgIpc) is 2.86. The highest BCUT2D eigenvalue weighted by atomic mass is 32.2. The van der Waals surface area contributed by atoms with E-state index in [1.807, 2.05) is 47.0 Å². The van der Waals surface area contributed by atoms with Crippen LogP contribution in [0.1, 0.15) is 15.9 Å². The number of hydrogen-bond donors (Lipinski definition) is 1. The molecule has 2 aliphatic heterocycles. The van der Waals surface area contributed by atoms with Gasteiger partial charge in [0.05, 0.1) is 13.7 Å². The van der Waals surface area contributed by atoms with Crippen LogP contribution in [0.4, 0.5) is 5.69 Å². The number of carbonyl (C=O) groups is 2. The van der Waals surface area contributed by atoms with Gasteiger partial charge in [0.15, 0.2) is 0 Å². The van der Waals surface area contributed by atoms with Gasteiger partial charge in [0.1, 0.15) is 5.75 Å². The number of rotatable bonds is 7. The van der Waals surface area contributed by atoms with Crippen molar-refractivity contribution in [3.05, 3.63) is 59.7 Å². The van der Waals surface area contributed by atoms with Crippen LogP contribution in [0.3, 0.4) is 0 Å². The van der Waals surface area contributed by atoms with Crippen LogP contribution in [0, 0.1) is 0 Å². The van der Waals surface area contributed by atoms with Crippen LogP contribution >= 0.6 is 11.8 Å². The summed E-state index contributed by atoms with van der Waals surface area (Å²) in [6.45, 7) is 6.40. The summed E-state index contributed by atoms with van der Waals surface area (Å²) in [6.07, 6.45) is 0. The first-order valence-corrected chi connectivity index (χ1v) is 12.6. The van der Waals surface area contributed by atoms with Gasteiger partial charge in [-0.3, -0.25) is 19.4 Å². The molecule has 7 nitrogen and oxygen atoms in total. The Morgan fingerprint density at radius 3 is 2.33 bits per heavy atom. The van der Waals surface area contributed by atoms with E-state index < -0.39 is 0 Å². The van der Waals surface area contributed by atoms with E-state index in [9.17, 15) is 9.59 Å². The smallest absolute Gasteiger partial charge is 0.253 e. The number of amides is 2. The fourth-order valence-electron chi connectivity index (χ4n) is 4.18. The number of hydrogen-bond acceptors (Lipinski definition) is 6. The number of ether oxygens (including phenoxy) is 1. The van der Waals surface area contributed by atoms with Crippen LogP contribution in [-0.4, -0.2) is 90.9 Å². The number of piperazine rings is 1. The lowest BCUT2D eigenvalue weighted by Gasteiger charge is -2.34. The zero-order valence-corrected chi connectivity index (χ0v) is 20.0. The van der Waals surface area contributed by atoms with Crippen molar-refractivity contribution in [2.24, 2.45) is 0 Å². The second-order valence-electron chi connectivity index (χ2n) is 8.43. The summed E-state index contributed by atoms with van der Waals surface area (Å²) in [5.41, 5.74) is 2.57. The van der Waals surface area contributed by atoms with Gasteiger partial charge in [-0.15, -0.1) is 0 Å². The minimum Gasteiger partial charge on any atom is -0.497 e. The van der Waals surface area contributed by atoms with Gasteiger partial charge in [-0.2, -0.15) is 11.8 Å². The minimum atomic E-state index is -0.0439. The molecule has 2 aromatic carbocycles. The maximum absolute atomic E-state index is 12.7. The fourth-order valence-corrected chi connectivity index (χ4v) is 5.08. The Hall–Kier alpha value is -2.55. The largest absolute Gasteiger partial charge is 0.497 e. The molecule has 0 aliphatic carbocycles. The normalized spacial score (nSPS) is 17.5. The lowest BCUT2D eigenvalue weighted by atomic mass is 10.1. The van der Waals surface area contributed by atoms with Gasteiger partial charge in [-0.25, -0.2) is 0 Å². The van der Waals surface area contributed by atoms with Crippen molar-refractivity contribution in [2.45, 2.75) is 6.54 Å². The van der Waals surface area contributed by atoms with Gasteiger partial charge in [0, 0.05) is 68.6 Å². The van der Waals surface area contributed by atoms with E-state index in [0.29, 0.717) is 17.8 Å². The summed E-state index contributed by atoms with van der Waals surface area (Å²) in [6, 6.07) is 15.5. The summed E-state index contributed by atoms with van der Waals surface area (Å²) in [7, 11) is 1.68. The molecule has 2 amide bonds. The molecule has 2 heterocycles. The number of thioether (sulfide) groups is 1. The molecule has 0 spiro atoms. The number of anilines is 1. The van der Waals surface area contributed by atoms with E-state index >= 15 is 0 Å². The Bertz CT molecular complexity index is 939. The quantitative estimate of drug-likeness (QED) is 0.674. The van der Waals surface area contributed by atoms with Crippen molar-refractivity contribution in [1.82, 2.24) is 14.7 Å². The van der Waals surface area contributed by atoms with Gasteiger partial charge < -0.3 is 15.0 Å². The van der Waals surface area contributed by atoms with Crippen molar-refractivity contribution >= 4 is 29.3 Å². The van der Waals surface area contributed by atoms with E-state index in [4.69, 9.17) is 4.74 Å². The summed E-state index contributed by atoms with van der Waals surface area (Å²) < 4.78 is 5.22. The molecule has 8 heteroatoms. The van der Waals surface area contributed by atoms with E-state index in [0.717, 1.165) is 63.1 Å². The van der Waals surface area contributed by atoms with Crippen molar-refractivity contribution in [1.29, 1.82) is 0 Å². The summed E-state index contributed by atoms with van der Waals surface area (Å²) in [5, 5.41) is 2.97. The first-order chi connectivity index (χ1) is 16.1. The van der Waals surface area contributed by atoms with E-state index in [-0.39, 0.29) is 11.8 Å². The molecule has 0 saturated carbocycles. The maximum atomic E-state index is 12.7. The third-order valence-corrected chi connectivity index (χ3v) is 7.03.